The zero-order chi connectivity index (χ0) is 19.0. The monoisotopic (exact) mass is 397 g/mol. The minimum atomic E-state index is -4.93. The zero-order valence-corrected chi connectivity index (χ0v) is 14.1. The van der Waals surface area contributed by atoms with Crippen molar-refractivity contribution in [3.63, 3.8) is 0 Å². The lowest BCUT2D eigenvalue weighted by molar-refractivity contribution is -0.139. The van der Waals surface area contributed by atoms with Crippen LogP contribution in [0.4, 0.5) is 23.2 Å². The second-order valence-electron chi connectivity index (χ2n) is 5.01. The molecule has 25 heavy (non-hydrogen) atoms. The summed E-state index contributed by atoms with van der Waals surface area (Å²) in [6.45, 7) is 0. The number of sulfone groups is 1. The third-order valence-corrected chi connectivity index (χ3v) is 5.63. The summed E-state index contributed by atoms with van der Waals surface area (Å²) in [4.78, 5) is -1.47. The normalized spacial score (nSPS) is 12.8. The molecule has 0 fully saturated rings. The van der Waals surface area contributed by atoms with Crippen molar-refractivity contribution < 1.29 is 34.4 Å². The topological polar surface area (TPSA) is 80.3 Å². The summed E-state index contributed by atoms with van der Waals surface area (Å²) in [6.07, 6.45) is -4.10. The standard InChI is InChI=1S/C14H11F4NO4S2/c1-24(20,21)9-6-7-12(11(15)8-9)19-25(22,23)13-5-3-2-4-10(13)14(16,17)18/h2-8,19H,1H3. The Hall–Kier alpha value is -2.14. The lowest BCUT2D eigenvalue weighted by Gasteiger charge is -2.14. The summed E-state index contributed by atoms with van der Waals surface area (Å²) >= 11 is 0. The quantitative estimate of drug-likeness (QED) is 0.805. The molecule has 2 aromatic carbocycles. The molecular formula is C14H11F4NO4S2. The molecule has 136 valence electrons. The number of hydrogen-bond donors (Lipinski definition) is 1. The molecule has 0 aliphatic heterocycles. The van der Waals surface area contributed by atoms with Crippen molar-refractivity contribution in [2.45, 2.75) is 16.0 Å². The molecule has 0 amide bonds. The van der Waals surface area contributed by atoms with Crippen LogP contribution in [-0.4, -0.2) is 23.1 Å². The number of anilines is 1. The molecule has 2 rings (SSSR count). The third-order valence-electron chi connectivity index (χ3n) is 3.10. The summed E-state index contributed by atoms with van der Waals surface area (Å²) in [7, 11) is -8.49. The second-order valence-corrected chi connectivity index (χ2v) is 8.68. The summed E-state index contributed by atoms with van der Waals surface area (Å²) in [6, 6.07) is 5.75. The van der Waals surface area contributed by atoms with Crippen LogP contribution in [0.1, 0.15) is 5.56 Å². The van der Waals surface area contributed by atoms with E-state index in [1.807, 2.05) is 0 Å². The Morgan fingerprint density at radius 3 is 2.08 bits per heavy atom. The third kappa shape index (κ3) is 4.28. The van der Waals surface area contributed by atoms with Crippen molar-refractivity contribution in [1.82, 2.24) is 0 Å². The number of alkyl halides is 3. The molecule has 1 N–H and O–H groups in total. The van der Waals surface area contributed by atoms with E-state index in [-0.39, 0.29) is 0 Å². The molecule has 0 saturated carbocycles. The van der Waals surface area contributed by atoms with Gasteiger partial charge in [0.15, 0.2) is 9.84 Å². The lowest BCUT2D eigenvalue weighted by atomic mass is 10.2. The van der Waals surface area contributed by atoms with Gasteiger partial charge in [-0.25, -0.2) is 21.2 Å². The van der Waals surface area contributed by atoms with Crippen molar-refractivity contribution >= 4 is 25.5 Å². The Kier molecular flexibility index (Phi) is 4.83. The molecule has 0 spiro atoms. The fraction of sp³-hybridized carbons (Fsp3) is 0.143. The van der Waals surface area contributed by atoms with E-state index in [4.69, 9.17) is 0 Å². The first kappa shape index (κ1) is 19.2. The van der Waals surface area contributed by atoms with E-state index in [1.54, 1.807) is 4.72 Å². The Balaban J connectivity index is 2.48. The van der Waals surface area contributed by atoms with E-state index in [0.717, 1.165) is 36.6 Å². The molecular weight excluding hydrogens is 386 g/mol. The molecule has 0 aliphatic rings. The Labute approximate surface area is 141 Å². The highest BCUT2D eigenvalue weighted by Crippen LogP contribution is 2.34. The summed E-state index contributed by atoms with van der Waals surface area (Å²) in [5.41, 5.74) is -2.08. The number of halogens is 4. The van der Waals surface area contributed by atoms with Gasteiger partial charge in [0.25, 0.3) is 10.0 Å². The maximum Gasteiger partial charge on any atom is 0.417 e. The number of nitrogens with one attached hydrogen (secondary N) is 1. The molecule has 5 nitrogen and oxygen atoms in total. The Morgan fingerprint density at radius 2 is 1.56 bits per heavy atom. The first-order valence-electron chi connectivity index (χ1n) is 6.51. The van der Waals surface area contributed by atoms with Gasteiger partial charge in [-0.15, -0.1) is 0 Å². The van der Waals surface area contributed by atoms with Crippen LogP contribution < -0.4 is 4.72 Å². The fourth-order valence-corrected chi connectivity index (χ4v) is 3.87. The van der Waals surface area contributed by atoms with Gasteiger partial charge in [0.05, 0.1) is 21.0 Å². The van der Waals surface area contributed by atoms with Crippen molar-refractivity contribution in [2.24, 2.45) is 0 Å². The molecule has 0 aliphatic carbocycles. The molecule has 0 aromatic heterocycles. The van der Waals surface area contributed by atoms with Gasteiger partial charge in [-0.1, -0.05) is 12.1 Å². The molecule has 0 unspecified atom stereocenters. The highest BCUT2D eigenvalue weighted by molar-refractivity contribution is 7.92. The second kappa shape index (κ2) is 6.30. The van der Waals surface area contributed by atoms with E-state index in [1.165, 1.54) is 0 Å². The van der Waals surface area contributed by atoms with Crippen molar-refractivity contribution in [1.29, 1.82) is 0 Å². The predicted molar refractivity (Wildman–Crippen MR) is 81.8 cm³/mol. The minimum Gasteiger partial charge on any atom is -0.277 e. The minimum absolute atomic E-state index is 0.399. The van der Waals surface area contributed by atoms with Crippen LogP contribution in [-0.2, 0) is 26.0 Å². The van der Waals surface area contributed by atoms with Crippen molar-refractivity contribution in [3.8, 4) is 0 Å². The number of sulfonamides is 1. The predicted octanol–water partition coefficient (Wildman–Crippen LogP) is 3.05. The summed E-state index contributed by atoms with van der Waals surface area (Å²) in [5, 5.41) is 0. The smallest absolute Gasteiger partial charge is 0.277 e. The van der Waals surface area contributed by atoms with Crippen LogP contribution in [0.15, 0.2) is 52.3 Å². The SMILES string of the molecule is CS(=O)(=O)c1ccc(NS(=O)(=O)c2ccccc2C(F)(F)F)c(F)c1. The maximum atomic E-state index is 13.9. The molecule has 0 heterocycles. The zero-order valence-electron chi connectivity index (χ0n) is 12.5. The molecule has 0 radical (unpaired) electrons. The van der Waals surface area contributed by atoms with E-state index in [0.29, 0.717) is 12.1 Å². The first-order chi connectivity index (χ1) is 11.3. The molecule has 0 atom stereocenters. The molecule has 0 saturated heterocycles. The van der Waals surface area contributed by atoms with E-state index in [2.05, 4.69) is 0 Å². The van der Waals surface area contributed by atoms with Crippen LogP contribution in [0, 0.1) is 5.82 Å². The van der Waals surface area contributed by atoms with Gasteiger partial charge in [-0.2, -0.15) is 13.2 Å². The van der Waals surface area contributed by atoms with Gasteiger partial charge in [0.2, 0.25) is 0 Å². The fourth-order valence-electron chi connectivity index (χ4n) is 1.94. The Bertz CT molecular complexity index is 1020. The average molecular weight is 397 g/mol. The molecule has 2 aromatic rings. The Morgan fingerprint density at radius 1 is 0.960 bits per heavy atom. The highest BCUT2D eigenvalue weighted by atomic mass is 32.2. The number of hydrogen-bond acceptors (Lipinski definition) is 4. The van der Waals surface area contributed by atoms with Gasteiger partial charge in [-0.05, 0) is 30.3 Å². The molecule has 0 bridgehead atoms. The van der Waals surface area contributed by atoms with Gasteiger partial charge >= 0.3 is 6.18 Å². The number of benzene rings is 2. The maximum absolute atomic E-state index is 13.9. The van der Waals surface area contributed by atoms with Crippen molar-refractivity contribution in [3.05, 3.63) is 53.8 Å². The largest absolute Gasteiger partial charge is 0.417 e. The average Bonchev–Trinajstić information content (AvgIpc) is 2.47. The van der Waals surface area contributed by atoms with E-state index < -0.39 is 52.9 Å². The van der Waals surface area contributed by atoms with Crippen LogP contribution in [0.25, 0.3) is 0 Å². The van der Waals surface area contributed by atoms with E-state index >= 15 is 0 Å². The highest BCUT2D eigenvalue weighted by Gasteiger charge is 2.37. The lowest BCUT2D eigenvalue weighted by Crippen LogP contribution is -2.19. The van der Waals surface area contributed by atoms with Crippen LogP contribution in [0.5, 0.6) is 0 Å². The van der Waals surface area contributed by atoms with Gasteiger partial charge < -0.3 is 0 Å². The summed E-state index contributed by atoms with van der Waals surface area (Å²) in [5.74, 6) is -1.24. The first-order valence-corrected chi connectivity index (χ1v) is 9.88. The van der Waals surface area contributed by atoms with Gasteiger partial charge in [0, 0.05) is 6.26 Å². The van der Waals surface area contributed by atoms with Gasteiger partial charge in [0.1, 0.15) is 5.82 Å². The van der Waals surface area contributed by atoms with Crippen LogP contribution in [0.2, 0.25) is 0 Å². The van der Waals surface area contributed by atoms with E-state index in [9.17, 15) is 34.4 Å². The molecule has 11 heteroatoms. The van der Waals surface area contributed by atoms with Crippen molar-refractivity contribution in [2.75, 3.05) is 11.0 Å². The van der Waals surface area contributed by atoms with Crippen LogP contribution >= 0.6 is 0 Å². The van der Waals surface area contributed by atoms with Gasteiger partial charge in [-0.3, -0.25) is 4.72 Å². The van der Waals surface area contributed by atoms with Crippen LogP contribution in [0.3, 0.4) is 0 Å². The summed E-state index contributed by atoms with van der Waals surface area (Å²) < 4.78 is 102. The number of rotatable bonds is 4.